The van der Waals surface area contributed by atoms with E-state index in [2.05, 4.69) is 11.0 Å². The van der Waals surface area contributed by atoms with Crippen LogP contribution in [-0.4, -0.2) is 36.8 Å². The lowest BCUT2D eigenvalue weighted by molar-refractivity contribution is 0.249. The molecule has 0 spiro atoms. The van der Waals surface area contributed by atoms with Crippen molar-refractivity contribution < 1.29 is 9.84 Å². The zero-order valence-electron chi connectivity index (χ0n) is 10.9. The molecule has 0 saturated carbocycles. The zero-order chi connectivity index (χ0) is 13.0. The Kier molecular flexibility index (Phi) is 4.44. The van der Waals surface area contributed by atoms with Gasteiger partial charge in [0.05, 0.1) is 12.8 Å². The van der Waals surface area contributed by atoms with E-state index < -0.39 is 0 Å². The minimum Gasteiger partial charge on any atom is -0.495 e. The van der Waals surface area contributed by atoms with Crippen molar-refractivity contribution in [3.05, 3.63) is 23.8 Å². The van der Waals surface area contributed by atoms with Gasteiger partial charge in [-0.2, -0.15) is 0 Å². The summed E-state index contributed by atoms with van der Waals surface area (Å²) in [5.41, 5.74) is 7.82. The highest BCUT2D eigenvalue weighted by molar-refractivity contribution is 5.54. The average molecular weight is 250 g/mol. The van der Waals surface area contributed by atoms with E-state index in [1.807, 2.05) is 12.1 Å². The Morgan fingerprint density at radius 2 is 2.33 bits per heavy atom. The maximum Gasteiger partial charge on any atom is 0.141 e. The van der Waals surface area contributed by atoms with Gasteiger partial charge in [-0.15, -0.1) is 0 Å². The monoisotopic (exact) mass is 250 g/mol. The number of ether oxygens (including phenoxy) is 1. The Balaban J connectivity index is 1.92. The van der Waals surface area contributed by atoms with E-state index in [1.54, 1.807) is 7.11 Å². The molecule has 1 aromatic carbocycles. The molecule has 1 fully saturated rings. The van der Waals surface area contributed by atoms with Gasteiger partial charge in [0.15, 0.2) is 0 Å². The maximum atomic E-state index is 8.95. The highest BCUT2D eigenvalue weighted by Crippen LogP contribution is 2.25. The van der Waals surface area contributed by atoms with Gasteiger partial charge in [-0.1, -0.05) is 6.07 Å². The number of nitrogen functional groups attached to an aromatic ring is 1. The molecule has 1 heterocycles. The fourth-order valence-electron chi connectivity index (χ4n) is 2.62. The molecule has 0 aliphatic carbocycles. The van der Waals surface area contributed by atoms with Crippen LogP contribution in [0.25, 0.3) is 0 Å². The number of hydrogen-bond donors (Lipinski definition) is 2. The Labute approximate surface area is 108 Å². The van der Waals surface area contributed by atoms with Gasteiger partial charge in [0.1, 0.15) is 5.75 Å². The van der Waals surface area contributed by atoms with Gasteiger partial charge in [0.25, 0.3) is 0 Å². The third kappa shape index (κ3) is 3.15. The molecule has 1 aromatic rings. The second kappa shape index (κ2) is 6.07. The molecule has 1 aliphatic heterocycles. The van der Waals surface area contributed by atoms with Gasteiger partial charge in [-0.05, 0) is 43.0 Å². The number of methoxy groups -OCH3 is 1. The van der Waals surface area contributed by atoms with E-state index in [9.17, 15) is 0 Å². The number of aliphatic hydroxyl groups excluding tert-OH is 1. The summed E-state index contributed by atoms with van der Waals surface area (Å²) in [5.74, 6) is 1.38. The highest BCUT2D eigenvalue weighted by Gasteiger charge is 2.21. The normalized spacial score (nSPS) is 20.2. The van der Waals surface area contributed by atoms with E-state index >= 15 is 0 Å². The zero-order valence-corrected chi connectivity index (χ0v) is 10.9. The Morgan fingerprint density at radius 1 is 1.50 bits per heavy atom. The molecular weight excluding hydrogens is 228 g/mol. The summed E-state index contributed by atoms with van der Waals surface area (Å²) >= 11 is 0. The van der Waals surface area contributed by atoms with Crippen LogP contribution < -0.4 is 10.5 Å². The highest BCUT2D eigenvalue weighted by atomic mass is 16.5. The minimum absolute atomic E-state index is 0.300. The van der Waals surface area contributed by atoms with Crippen LogP contribution in [0.3, 0.4) is 0 Å². The first-order chi connectivity index (χ1) is 8.72. The molecular formula is C14H22N2O2. The molecule has 0 radical (unpaired) electrons. The molecule has 1 unspecified atom stereocenters. The second-order valence-corrected chi connectivity index (χ2v) is 4.98. The van der Waals surface area contributed by atoms with Gasteiger partial charge in [-0.3, -0.25) is 4.90 Å². The lowest BCUT2D eigenvalue weighted by Crippen LogP contribution is -2.20. The predicted octanol–water partition coefficient (Wildman–Crippen LogP) is 1.48. The lowest BCUT2D eigenvalue weighted by Gasteiger charge is -2.16. The minimum atomic E-state index is 0.300. The summed E-state index contributed by atoms with van der Waals surface area (Å²) < 4.78 is 5.15. The maximum absolute atomic E-state index is 8.95. The first-order valence-electron chi connectivity index (χ1n) is 6.48. The van der Waals surface area contributed by atoms with E-state index in [0.717, 1.165) is 31.8 Å². The number of aliphatic hydroxyl groups is 1. The largest absolute Gasteiger partial charge is 0.495 e. The first kappa shape index (κ1) is 13.2. The molecule has 1 atom stereocenters. The van der Waals surface area contributed by atoms with Crippen molar-refractivity contribution in [2.75, 3.05) is 32.5 Å². The topological polar surface area (TPSA) is 58.7 Å². The van der Waals surface area contributed by atoms with Crippen LogP contribution in [0.2, 0.25) is 0 Å². The number of anilines is 1. The average Bonchev–Trinajstić information content (AvgIpc) is 2.77. The van der Waals surface area contributed by atoms with Gasteiger partial charge in [0, 0.05) is 19.7 Å². The van der Waals surface area contributed by atoms with Crippen molar-refractivity contribution in [2.45, 2.75) is 19.4 Å². The number of nitrogens with two attached hydrogens (primary N) is 1. The van der Waals surface area contributed by atoms with E-state index in [1.165, 1.54) is 12.0 Å². The van der Waals surface area contributed by atoms with Crippen molar-refractivity contribution in [3.63, 3.8) is 0 Å². The molecule has 3 N–H and O–H groups in total. The smallest absolute Gasteiger partial charge is 0.141 e. The van der Waals surface area contributed by atoms with E-state index in [-0.39, 0.29) is 0 Å². The van der Waals surface area contributed by atoms with Gasteiger partial charge < -0.3 is 15.6 Å². The van der Waals surface area contributed by atoms with Gasteiger partial charge >= 0.3 is 0 Å². The van der Waals surface area contributed by atoms with Gasteiger partial charge in [-0.25, -0.2) is 0 Å². The van der Waals surface area contributed by atoms with Crippen molar-refractivity contribution in [3.8, 4) is 5.75 Å². The van der Waals surface area contributed by atoms with E-state index in [0.29, 0.717) is 18.2 Å². The standard InChI is InChI=1S/C14H22N2O2/c1-18-14-3-2-12(8-13(14)15)10-16-6-4-11(9-16)5-7-17/h2-3,8,11,17H,4-7,9-10,15H2,1H3. The molecule has 0 bridgehead atoms. The quantitative estimate of drug-likeness (QED) is 0.777. The summed E-state index contributed by atoms with van der Waals surface area (Å²) in [6.07, 6.45) is 2.10. The number of nitrogens with zero attached hydrogens (tertiary/aromatic N) is 1. The summed E-state index contributed by atoms with van der Waals surface area (Å²) in [7, 11) is 1.63. The number of likely N-dealkylation sites (tertiary alicyclic amines) is 1. The fraction of sp³-hybridized carbons (Fsp3) is 0.571. The van der Waals surface area contributed by atoms with Crippen LogP contribution in [0.5, 0.6) is 5.75 Å². The Bertz CT molecular complexity index is 395. The van der Waals surface area contributed by atoms with Crippen LogP contribution in [0, 0.1) is 5.92 Å². The van der Waals surface area contributed by atoms with Crippen LogP contribution >= 0.6 is 0 Å². The molecule has 1 aliphatic rings. The van der Waals surface area contributed by atoms with Crippen LogP contribution in [0.4, 0.5) is 5.69 Å². The molecule has 18 heavy (non-hydrogen) atoms. The van der Waals surface area contributed by atoms with Crippen LogP contribution in [-0.2, 0) is 6.54 Å². The van der Waals surface area contributed by atoms with Gasteiger partial charge in [0.2, 0.25) is 0 Å². The molecule has 0 amide bonds. The molecule has 0 aromatic heterocycles. The molecule has 2 rings (SSSR count). The molecule has 4 heteroatoms. The number of hydrogen-bond acceptors (Lipinski definition) is 4. The Hall–Kier alpha value is -1.26. The third-order valence-corrected chi connectivity index (χ3v) is 3.61. The lowest BCUT2D eigenvalue weighted by atomic mass is 10.1. The summed E-state index contributed by atoms with van der Waals surface area (Å²) in [6, 6.07) is 5.97. The number of benzene rings is 1. The first-order valence-corrected chi connectivity index (χ1v) is 6.48. The second-order valence-electron chi connectivity index (χ2n) is 4.98. The number of rotatable bonds is 5. The summed E-state index contributed by atoms with van der Waals surface area (Å²) in [4.78, 5) is 2.42. The molecule has 100 valence electrons. The summed E-state index contributed by atoms with van der Waals surface area (Å²) in [6.45, 7) is 3.41. The third-order valence-electron chi connectivity index (χ3n) is 3.61. The Morgan fingerprint density at radius 3 is 3.00 bits per heavy atom. The van der Waals surface area contributed by atoms with Crippen molar-refractivity contribution in [1.82, 2.24) is 4.90 Å². The fourth-order valence-corrected chi connectivity index (χ4v) is 2.62. The summed E-state index contributed by atoms with van der Waals surface area (Å²) in [5, 5.41) is 8.95. The SMILES string of the molecule is COc1ccc(CN2CCC(CCO)C2)cc1N. The molecule has 4 nitrogen and oxygen atoms in total. The van der Waals surface area contributed by atoms with Crippen molar-refractivity contribution in [1.29, 1.82) is 0 Å². The van der Waals surface area contributed by atoms with Crippen molar-refractivity contribution in [2.24, 2.45) is 5.92 Å². The molecule has 1 saturated heterocycles. The van der Waals surface area contributed by atoms with E-state index in [4.69, 9.17) is 15.6 Å². The van der Waals surface area contributed by atoms with Crippen LogP contribution in [0.15, 0.2) is 18.2 Å². The predicted molar refractivity (Wildman–Crippen MR) is 72.5 cm³/mol. The van der Waals surface area contributed by atoms with Crippen molar-refractivity contribution >= 4 is 5.69 Å². The van der Waals surface area contributed by atoms with Crippen LogP contribution in [0.1, 0.15) is 18.4 Å².